The maximum absolute atomic E-state index is 12.7. The largest absolute Gasteiger partial charge is 0.466 e. The molecule has 2 atom stereocenters. The lowest BCUT2D eigenvalue weighted by molar-refractivity contribution is -0.134. The third kappa shape index (κ3) is 4.13. The van der Waals surface area contributed by atoms with Crippen LogP contribution in [0.3, 0.4) is 0 Å². The number of carbonyl (C=O) groups excluding carboxylic acids is 2. The van der Waals surface area contributed by atoms with Crippen LogP contribution >= 0.6 is 0 Å². The molecule has 2 aliphatic rings. The van der Waals surface area contributed by atoms with Crippen molar-refractivity contribution < 1.29 is 23.8 Å². The van der Waals surface area contributed by atoms with Gasteiger partial charge in [-0.3, -0.25) is 4.90 Å². The number of hydrogen-bond acceptors (Lipinski definition) is 5. The van der Waals surface area contributed by atoms with Gasteiger partial charge in [0.1, 0.15) is 5.60 Å². The topological polar surface area (TPSA) is 65.1 Å². The lowest BCUT2D eigenvalue weighted by Crippen LogP contribution is -2.54. The highest BCUT2D eigenvalue weighted by Crippen LogP contribution is 2.38. The number of methoxy groups -OCH3 is 1. The van der Waals surface area contributed by atoms with Crippen LogP contribution in [-0.2, 0) is 19.0 Å². The molecule has 1 spiro atoms. The quantitative estimate of drug-likeness (QED) is 0.444. The van der Waals surface area contributed by atoms with Crippen molar-refractivity contribution in [1.29, 1.82) is 0 Å². The molecule has 0 aliphatic carbocycles. The van der Waals surface area contributed by atoms with Crippen LogP contribution in [0.2, 0.25) is 0 Å². The minimum absolute atomic E-state index is 0.227. The minimum atomic E-state index is -0.587. The number of esters is 1. The first kappa shape index (κ1) is 17.5. The van der Waals surface area contributed by atoms with Crippen molar-refractivity contribution in [3.8, 4) is 0 Å². The van der Waals surface area contributed by atoms with Crippen molar-refractivity contribution in [2.45, 2.75) is 50.8 Å². The van der Waals surface area contributed by atoms with Crippen molar-refractivity contribution in [2.75, 3.05) is 20.3 Å². The molecular formula is C17H25NO5. The van der Waals surface area contributed by atoms with E-state index in [9.17, 15) is 9.59 Å². The Morgan fingerprint density at radius 2 is 2.13 bits per heavy atom. The Morgan fingerprint density at radius 1 is 1.39 bits per heavy atom. The Hall–Kier alpha value is -1.82. The van der Waals surface area contributed by atoms with E-state index >= 15 is 0 Å². The Bertz CT molecular complexity index is 520. The number of hydrogen-bond donors (Lipinski definition) is 0. The average molecular weight is 323 g/mol. The second-order valence-electron chi connectivity index (χ2n) is 6.86. The molecule has 0 aromatic carbocycles. The van der Waals surface area contributed by atoms with Crippen LogP contribution in [0.15, 0.2) is 24.3 Å². The summed E-state index contributed by atoms with van der Waals surface area (Å²) in [6.45, 7) is 6.48. The highest BCUT2D eigenvalue weighted by atomic mass is 16.6. The molecule has 2 rings (SSSR count). The predicted molar refractivity (Wildman–Crippen MR) is 84.9 cm³/mol. The predicted octanol–water partition coefficient (Wildman–Crippen LogP) is 2.44. The van der Waals surface area contributed by atoms with Gasteiger partial charge in [0.25, 0.3) is 0 Å². The molecule has 128 valence electrons. The zero-order chi connectivity index (χ0) is 17.1. The van der Waals surface area contributed by atoms with Gasteiger partial charge in [0, 0.05) is 6.08 Å². The van der Waals surface area contributed by atoms with Crippen LogP contribution in [0.25, 0.3) is 0 Å². The maximum atomic E-state index is 12.7. The Labute approximate surface area is 137 Å². The fourth-order valence-electron chi connectivity index (χ4n) is 2.97. The van der Waals surface area contributed by atoms with Gasteiger partial charge in [-0.05, 0) is 33.6 Å². The second kappa shape index (κ2) is 6.74. The van der Waals surface area contributed by atoms with Gasteiger partial charge in [0.05, 0.1) is 31.9 Å². The summed E-state index contributed by atoms with van der Waals surface area (Å²) < 4.78 is 15.7. The van der Waals surface area contributed by atoms with E-state index in [2.05, 4.69) is 4.74 Å². The summed E-state index contributed by atoms with van der Waals surface area (Å²) in [6.07, 6.45) is 8.10. The van der Waals surface area contributed by atoms with E-state index in [0.717, 1.165) is 12.8 Å². The normalized spacial score (nSPS) is 27.7. The summed E-state index contributed by atoms with van der Waals surface area (Å²) in [7, 11) is 1.33. The molecule has 0 radical (unpaired) electrons. The standard InChI is InChI=1S/C17H25NO5/c1-16(2,3)23-15(20)18-13(6-7-14(19)21-4)8-10-17(18)9-5-11-22-12-17/h5-7,9,13H,8,10-12H2,1-4H3/b7-6+/t13-,17+/m0/s1. The molecule has 0 saturated carbocycles. The first-order valence-electron chi connectivity index (χ1n) is 7.81. The van der Waals surface area contributed by atoms with Crippen molar-refractivity contribution in [3.63, 3.8) is 0 Å². The summed E-state index contributed by atoms with van der Waals surface area (Å²) in [6, 6.07) is -0.227. The first-order valence-corrected chi connectivity index (χ1v) is 7.81. The van der Waals surface area contributed by atoms with Gasteiger partial charge in [-0.15, -0.1) is 0 Å². The van der Waals surface area contributed by atoms with E-state index in [0.29, 0.717) is 13.2 Å². The molecule has 1 saturated heterocycles. The molecule has 0 aromatic heterocycles. The van der Waals surface area contributed by atoms with Crippen molar-refractivity contribution >= 4 is 12.1 Å². The maximum Gasteiger partial charge on any atom is 0.411 e. The second-order valence-corrected chi connectivity index (χ2v) is 6.86. The molecule has 6 heteroatoms. The van der Waals surface area contributed by atoms with Crippen LogP contribution in [-0.4, -0.2) is 54.5 Å². The SMILES string of the molecule is COC(=O)/C=C/[C@H]1CC[C@@]2(C=CCOC2)N1C(=O)OC(C)(C)C. The zero-order valence-corrected chi connectivity index (χ0v) is 14.2. The number of amides is 1. The van der Waals surface area contributed by atoms with Gasteiger partial charge in [-0.1, -0.05) is 18.2 Å². The summed E-state index contributed by atoms with van der Waals surface area (Å²) in [4.78, 5) is 25.8. The molecule has 0 bridgehead atoms. The van der Waals surface area contributed by atoms with Gasteiger partial charge >= 0.3 is 12.1 Å². The summed E-state index contributed by atoms with van der Waals surface area (Å²) >= 11 is 0. The van der Waals surface area contributed by atoms with Gasteiger partial charge < -0.3 is 14.2 Å². The minimum Gasteiger partial charge on any atom is -0.466 e. The number of nitrogens with zero attached hydrogens (tertiary/aromatic N) is 1. The van der Waals surface area contributed by atoms with Gasteiger partial charge in [0.15, 0.2) is 0 Å². The molecular weight excluding hydrogens is 298 g/mol. The van der Waals surface area contributed by atoms with E-state index in [1.54, 1.807) is 11.0 Å². The highest BCUT2D eigenvalue weighted by Gasteiger charge is 2.49. The Kier molecular flexibility index (Phi) is 5.14. The molecule has 1 fully saturated rings. The van der Waals surface area contributed by atoms with Gasteiger partial charge in [-0.25, -0.2) is 9.59 Å². The lowest BCUT2D eigenvalue weighted by Gasteiger charge is -2.40. The smallest absolute Gasteiger partial charge is 0.411 e. The fourth-order valence-corrected chi connectivity index (χ4v) is 2.97. The molecule has 1 amide bonds. The third-order valence-electron chi connectivity index (χ3n) is 3.92. The molecule has 2 aliphatic heterocycles. The van der Waals surface area contributed by atoms with E-state index < -0.39 is 23.2 Å². The Morgan fingerprint density at radius 3 is 2.70 bits per heavy atom. The van der Waals surface area contributed by atoms with Crippen LogP contribution in [0.4, 0.5) is 4.79 Å². The number of ether oxygens (including phenoxy) is 3. The molecule has 6 nitrogen and oxygen atoms in total. The van der Waals surface area contributed by atoms with Crippen molar-refractivity contribution in [1.82, 2.24) is 4.90 Å². The number of carbonyl (C=O) groups is 2. The van der Waals surface area contributed by atoms with Gasteiger partial charge in [0.2, 0.25) is 0 Å². The first-order chi connectivity index (χ1) is 10.8. The van der Waals surface area contributed by atoms with Crippen LogP contribution in [0.1, 0.15) is 33.6 Å². The monoisotopic (exact) mass is 323 g/mol. The van der Waals surface area contributed by atoms with E-state index in [-0.39, 0.29) is 6.04 Å². The number of likely N-dealkylation sites (tertiary alicyclic amines) is 1. The fraction of sp³-hybridized carbons (Fsp3) is 0.647. The van der Waals surface area contributed by atoms with Crippen molar-refractivity contribution in [3.05, 3.63) is 24.3 Å². The zero-order valence-electron chi connectivity index (χ0n) is 14.2. The summed E-state index contributed by atoms with van der Waals surface area (Å²) in [5.41, 5.74) is -1.09. The van der Waals surface area contributed by atoms with Crippen LogP contribution in [0.5, 0.6) is 0 Å². The average Bonchev–Trinajstić information content (AvgIpc) is 2.82. The van der Waals surface area contributed by atoms with E-state index in [1.807, 2.05) is 32.9 Å². The van der Waals surface area contributed by atoms with Gasteiger partial charge in [-0.2, -0.15) is 0 Å². The lowest BCUT2D eigenvalue weighted by atomic mass is 9.95. The molecule has 23 heavy (non-hydrogen) atoms. The van der Waals surface area contributed by atoms with Crippen molar-refractivity contribution in [2.24, 2.45) is 0 Å². The molecule has 0 N–H and O–H groups in total. The molecule has 0 unspecified atom stereocenters. The Balaban J connectivity index is 2.27. The van der Waals surface area contributed by atoms with E-state index in [1.165, 1.54) is 13.2 Å². The number of rotatable bonds is 2. The molecule has 0 aromatic rings. The molecule has 2 heterocycles. The van der Waals surface area contributed by atoms with E-state index in [4.69, 9.17) is 9.47 Å². The summed E-state index contributed by atoms with van der Waals surface area (Å²) in [5, 5.41) is 0. The van der Waals surface area contributed by atoms with Crippen LogP contribution < -0.4 is 0 Å². The van der Waals surface area contributed by atoms with Crippen LogP contribution in [0, 0.1) is 0 Å². The third-order valence-corrected chi connectivity index (χ3v) is 3.92. The summed E-state index contributed by atoms with van der Waals surface area (Å²) in [5.74, 6) is -0.439. The highest BCUT2D eigenvalue weighted by molar-refractivity contribution is 5.82.